The van der Waals surface area contributed by atoms with E-state index in [1.165, 1.54) is 0 Å². The molecule has 3 atom stereocenters. The number of fused-ring (bicyclic) bond motifs is 1. The maximum absolute atomic E-state index is 13.8. The van der Waals surface area contributed by atoms with Crippen LogP contribution in [0.4, 0.5) is 0 Å². The average Bonchev–Trinajstić information content (AvgIpc) is 3.19. The lowest BCUT2D eigenvalue weighted by molar-refractivity contribution is -0.134. The van der Waals surface area contributed by atoms with Crippen molar-refractivity contribution in [3.05, 3.63) is 23.8 Å². The lowest BCUT2D eigenvalue weighted by Gasteiger charge is -2.43. The summed E-state index contributed by atoms with van der Waals surface area (Å²) in [5.74, 6) is 0.0536. The van der Waals surface area contributed by atoms with Gasteiger partial charge in [-0.2, -0.15) is 0 Å². The topological polar surface area (TPSA) is 48.0 Å². The van der Waals surface area contributed by atoms with Crippen molar-refractivity contribution in [1.29, 1.82) is 0 Å². The van der Waals surface area contributed by atoms with Gasteiger partial charge in [0.2, 0.25) is 0 Å². The van der Waals surface area contributed by atoms with Crippen LogP contribution in [-0.2, 0) is 18.1 Å². The van der Waals surface area contributed by atoms with Gasteiger partial charge < -0.3 is 18.2 Å². The number of hydrogen-bond donors (Lipinski definition) is 0. The molecule has 1 fully saturated rings. The van der Waals surface area contributed by atoms with E-state index >= 15 is 0 Å². The summed E-state index contributed by atoms with van der Waals surface area (Å²) in [6, 6.07) is -0.170. The van der Waals surface area contributed by atoms with Gasteiger partial charge in [0.05, 0.1) is 12.6 Å². The van der Waals surface area contributed by atoms with Gasteiger partial charge in [-0.15, -0.1) is 0 Å². The Labute approximate surface area is 225 Å². The van der Waals surface area contributed by atoms with Gasteiger partial charge in [0, 0.05) is 6.54 Å². The Morgan fingerprint density at radius 2 is 1.31 bits per heavy atom. The van der Waals surface area contributed by atoms with E-state index < -0.39 is 31.1 Å². The van der Waals surface area contributed by atoms with Crippen molar-refractivity contribution in [3.8, 4) is 0 Å². The van der Waals surface area contributed by atoms with E-state index in [2.05, 4.69) is 114 Å². The summed E-state index contributed by atoms with van der Waals surface area (Å²) in [4.78, 5) is 15.8. The second-order valence-corrected chi connectivity index (χ2v) is 29.7. The van der Waals surface area contributed by atoms with Crippen molar-refractivity contribution in [1.82, 2.24) is 4.90 Å². The lowest BCUT2D eigenvalue weighted by Crippen LogP contribution is -2.53. The Bertz CT molecular complexity index is 888. The van der Waals surface area contributed by atoms with Gasteiger partial charge in [-0.05, 0) is 65.5 Å². The standard InChI is InChI=1S/C28H55NO4Si3/c1-20(19-31-34(11,12)26(2,3)4)21-17-18-29-22(21)23(32-35(13,14)27(5,6)7)24(25(29)30)33-36(15,16)28(8,9)10/h17,22-24H,1,18-19H2,2-16H3/t22-,23-,24+/m1/s1. The molecule has 0 saturated carbocycles. The first kappa shape index (κ1) is 31.7. The van der Waals surface area contributed by atoms with Crippen molar-refractivity contribution < 1.29 is 18.1 Å². The molecule has 8 heteroatoms. The van der Waals surface area contributed by atoms with E-state index in [0.717, 1.165) is 11.1 Å². The summed E-state index contributed by atoms with van der Waals surface area (Å²) < 4.78 is 20.4. The van der Waals surface area contributed by atoms with Gasteiger partial charge in [-0.1, -0.05) is 75.0 Å². The highest BCUT2D eigenvalue weighted by Crippen LogP contribution is 2.46. The Morgan fingerprint density at radius 3 is 1.75 bits per heavy atom. The number of hydrogen-bond acceptors (Lipinski definition) is 4. The van der Waals surface area contributed by atoms with Gasteiger partial charge in [0.1, 0.15) is 6.10 Å². The molecule has 0 N–H and O–H groups in total. The number of rotatable bonds is 8. The summed E-state index contributed by atoms with van der Waals surface area (Å²) in [6.07, 6.45) is 1.23. The summed E-state index contributed by atoms with van der Waals surface area (Å²) in [5.41, 5.74) is 2.05. The average molecular weight is 554 g/mol. The van der Waals surface area contributed by atoms with Gasteiger partial charge >= 0.3 is 0 Å². The quantitative estimate of drug-likeness (QED) is 0.292. The third kappa shape index (κ3) is 6.20. The fraction of sp³-hybridized carbons (Fsp3) is 0.821. The van der Waals surface area contributed by atoms with Crippen molar-refractivity contribution in [2.24, 2.45) is 0 Å². The second-order valence-electron chi connectivity index (χ2n) is 15.4. The van der Waals surface area contributed by atoms with Gasteiger partial charge in [-0.3, -0.25) is 4.79 Å². The lowest BCUT2D eigenvalue weighted by atomic mass is 9.97. The van der Waals surface area contributed by atoms with Crippen molar-refractivity contribution in [3.63, 3.8) is 0 Å². The number of amides is 1. The van der Waals surface area contributed by atoms with Crippen LogP contribution in [-0.4, -0.2) is 67.2 Å². The molecule has 2 heterocycles. The van der Waals surface area contributed by atoms with E-state index in [0.29, 0.717) is 13.2 Å². The van der Waals surface area contributed by atoms with E-state index in [-0.39, 0.29) is 33.2 Å². The first-order chi connectivity index (χ1) is 15.8. The molecule has 1 amide bonds. The minimum absolute atomic E-state index is 0.00110. The van der Waals surface area contributed by atoms with Crippen LogP contribution < -0.4 is 0 Å². The number of nitrogens with zero attached hydrogens (tertiary/aromatic N) is 1. The predicted octanol–water partition coefficient (Wildman–Crippen LogP) is 7.50. The molecule has 0 aromatic rings. The molecule has 208 valence electrons. The zero-order chi connectivity index (χ0) is 28.3. The van der Waals surface area contributed by atoms with Gasteiger partial charge in [-0.25, -0.2) is 0 Å². The molecule has 5 nitrogen and oxygen atoms in total. The molecule has 0 aromatic carbocycles. The first-order valence-corrected chi connectivity index (χ1v) is 22.2. The monoisotopic (exact) mass is 553 g/mol. The highest BCUT2D eigenvalue weighted by atomic mass is 28.4. The van der Waals surface area contributed by atoms with Crippen LogP contribution in [0.3, 0.4) is 0 Å². The molecule has 0 spiro atoms. The van der Waals surface area contributed by atoms with Gasteiger partial charge in [0.15, 0.2) is 31.1 Å². The van der Waals surface area contributed by atoms with E-state index in [1.54, 1.807) is 0 Å². The third-order valence-corrected chi connectivity index (χ3v) is 23.0. The van der Waals surface area contributed by atoms with Gasteiger partial charge in [0.25, 0.3) is 5.91 Å². The van der Waals surface area contributed by atoms with E-state index in [9.17, 15) is 4.79 Å². The maximum atomic E-state index is 13.8. The van der Waals surface area contributed by atoms with E-state index in [4.69, 9.17) is 13.3 Å². The molecule has 0 radical (unpaired) electrons. The van der Waals surface area contributed by atoms with Crippen LogP contribution >= 0.6 is 0 Å². The fourth-order valence-electron chi connectivity index (χ4n) is 3.83. The Morgan fingerprint density at radius 1 is 0.861 bits per heavy atom. The first-order valence-electron chi connectivity index (χ1n) is 13.5. The van der Waals surface area contributed by atoms with Crippen LogP contribution in [0.25, 0.3) is 0 Å². The van der Waals surface area contributed by atoms with E-state index in [1.807, 2.05) is 4.90 Å². The molecular formula is C28H55NO4Si3. The Balaban J connectivity index is 2.42. The summed E-state index contributed by atoms with van der Waals surface area (Å²) in [7, 11) is -6.32. The molecule has 0 aliphatic carbocycles. The summed E-state index contributed by atoms with van der Waals surface area (Å²) >= 11 is 0. The van der Waals surface area contributed by atoms with Crippen LogP contribution in [0.2, 0.25) is 54.4 Å². The van der Waals surface area contributed by atoms with Crippen molar-refractivity contribution in [2.75, 3.05) is 13.2 Å². The molecule has 1 saturated heterocycles. The molecule has 0 unspecified atom stereocenters. The number of carbonyl (C=O) groups excluding carboxylic acids is 1. The van der Waals surface area contributed by atoms with Crippen LogP contribution in [0, 0.1) is 0 Å². The van der Waals surface area contributed by atoms with Crippen molar-refractivity contribution in [2.45, 2.75) is 135 Å². The highest BCUT2D eigenvalue weighted by molar-refractivity contribution is 6.75. The highest BCUT2D eigenvalue weighted by Gasteiger charge is 2.58. The number of carbonyl (C=O) groups is 1. The minimum Gasteiger partial charge on any atom is -0.413 e. The largest absolute Gasteiger partial charge is 0.413 e. The molecule has 2 rings (SSSR count). The molecule has 2 aliphatic rings. The molecule has 36 heavy (non-hydrogen) atoms. The zero-order valence-corrected chi connectivity index (χ0v) is 29.0. The smallest absolute Gasteiger partial charge is 0.254 e. The predicted molar refractivity (Wildman–Crippen MR) is 160 cm³/mol. The van der Waals surface area contributed by atoms with Crippen LogP contribution in [0.15, 0.2) is 23.8 Å². The second kappa shape index (κ2) is 9.90. The zero-order valence-electron chi connectivity index (χ0n) is 26.0. The molecule has 2 aliphatic heterocycles. The molecule has 0 aromatic heterocycles. The van der Waals surface area contributed by atoms with Crippen LogP contribution in [0.1, 0.15) is 62.3 Å². The Kier molecular flexibility index (Phi) is 8.72. The third-order valence-electron chi connectivity index (χ3n) is 9.58. The summed E-state index contributed by atoms with van der Waals surface area (Å²) in [6.45, 7) is 39.1. The van der Waals surface area contributed by atoms with Crippen LogP contribution in [0.5, 0.6) is 0 Å². The fourth-order valence-corrected chi connectivity index (χ4v) is 7.30. The molecule has 0 bridgehead atoms. The summed E-state index contributed by atoms with van der Waals surface area (Å²) in [5, 5.41) is 0.153. The SMILES string of the molecule is C=C(CO[Si](C)(C)C(C)(C)C)C1=CCN2C(=O)[C@@H](O[Si](C)(C)C(C)(C)C)[C@H](O[Si](C)(C)C(C)(C)C)[C@@H]12. The normalized spacial score (nSPS) is 24.3. The van der Waals surface area contributed by atoms with Crippen molar-refractivity contribution >= 4 is 30.9 Å². The maximum Gasteiger partial charge on any atom is 0.254 e. The Hall–Kier alpha value is -0.519. The minimum atomic E-state index is -2.21. The molecular weight excluding hydrogens is 499 g/mol.